The summed E-state index contributed by atoms with van der Waals surface area (Å²) in [6.07, 6.45) is 0. The van der Waals surface area contributed by atoms with Crippen LogP contribution in [0.15, 0.2) is 206 Å². The molecule has 57 heavy (non-hydrogen) atoms. The molecule has 0 fully saturated rings. The summed E-state index contributed by atoms with van der Waals surface area (Å²) in [5.74, 6) is 0. The molecular weight excluding hydrogens is 689 g/mol. The third-order valence-corrected chi connectivity index (χ3v) is 12.2. The molecule has 2 heteroatoms. The zero-order chi connectivity index (χ0) is 38.1. The van der Waals surface area contributed by atoms with Crippen molar-refractivity contribution < 1.29 is 0 Å². The molecule has 0 aliphatic heterocycles. The predicted molar refractivity (Wildman–Crippen MR) is 241 cm³/mol. The molecule has 0 N–H and O–H groups in total. The van der Waals surface area contributed by atoms with Crippen LogP contribution in [-0.4, -0.2) is 4.57 Å². The van der Waals surface area contributed by atoms with Crippen LogP contribution in [0.3, 0.4) is 0 Å². The predicted octanol–water partition coefficient (Wildman–Crippen LogP) is 15.0. The van der Waals surface area contributed by atoms with Crippen molar-refractivity contribution in [2.75, 3.05) is 4.90 Å². The lowest BCUT2D eigenvalue weighted by Gasteiger charge is -2.32. The Kier molecular flexibility index (Phi) is 7.55. The van der Waals surface area contributed by atoms with Crippen molar-refractivity contribution in [2.24, 2.45) is 0 Å². The molecule has 0 amide bonds. The molecular formula is C55H40N2. The Morgan fingerprint density at radius 1 is 0.404 bits per heavy atom. The average molecular weight is 729 g/mol. The SMILES string of the molecule is CC1(C)c2ccccc2-c2cccc(N(c3ccc(-c4ccccc4)cc3)c3ccc(-c4c(-n5c6ccccc6c6ccccc65)ccc5ccccc45)cc3)c21. The smallest absolute Gasteiger partial charge is 0.0547 e. The number of para-hydroxylation sites is 2. The van der Waals surface area contributed by atoms with Crippen LogP contribution in [0.25, 0.3) is 71.6 Å². The number of hydrogen-bond donors (Lipinski definition) is 0. The van der Waals surface area contributed by atoms with Crippen molar-refractivity contribution in [3.05, 3.63) is 217 Å². The molecule has 0 saturated heterocycles. The van der Waals surface area contributed by atoms with Crippen LogP contribution in [0.1, 0.15) is 25.0 Å². The maximum atomic E-state index is 2.46. The van der Waals surface area contributed by atoms with Crippen molar-refractivity contribution in [1.82, 2.24) is 4.57 Å². The minimum absolute atomic E-state index is 0.176. The van der Waals surface area contributed by atoms with Crippen molar-refractivity contribution in [2.45, 2.75) is 19.3 Å². The highest BCUT2D eigenvalue weighted by molar-refractivity contribution is 6.11. The summed E-state index contributed by atoms with van der Waals surface area (Å²) in [4.78, 5) is 2.46. The molecule has 1 aliphatic carbocycles. The lowest BCUT2D eigenvalue weighted by atomic mass is 9.81. The fraction of sp³-hybridized carbons (Fsp3) is 0.0545. The number of aromatic nitrogens is 1. The van der Waals surface area contributed by atoms with Crippen LogP contribution in [0, 0.1) is 0 Å². The molecule has 10 aromatic rings. The summed E-state index contributed by atoms with van der Waals surface area (Å²) in [7, 11) is 0. The van der Waals surface area contributed by atoms with Gasteiger partial charge >= 0.3 is 0 Å². The van der Waals surface area contributed by atoms with E-state index in [4.69, 9.17) is 0 Å². The number of rotatable bonds is 6. The lowest BCUT2D eigenvalue weighted by Crippen LogP contribution is -2.20. The van der Waals surface area contributed by atoms with E-state index >= 15 is 0 Å². The Labute approximate surface area is 333 Å². The summed E-state index contributed by atoms with van der Waals surface area (Å²) in [6.45, 7) is 4.75. The molecule has 0 radical (unpaired) electrons. The minimum atomic E-state index is -0.176. The molecule has 1 aromatic heterocycles. The number of anilines is 3. The fourth-order valence-electron chi connectivity index (χ4n) is 9.58. The first-order chi connectivity index (χ1) is 28.1. The maximum Gasteiger partial charge on any atom is 0.0547 e. The lowest BCUT2D eigenvalue weighted by molar-refractivity contribution is 0.661. The van der Waals surface area contributed by atoms with Gasteiger partial charge in [-0.3, -0.25) is 0 Å². The van der Waals surface area contributed by atoms with Gasteiger partial charge < -0.3 is 9.47 Å². The first kappa shape index (κ1) is 33.2. The summed E-state index contributed by atoms with van der Waals surface area (Å²) in [5, 5.41) is 4.98. The summed E-state index contributed by atoms with van der Waals surface area (Å²) in [6, 6.07) is 75.6. The largest absolute Gasteiger partial charge is 0.310 e. The van der Waals surface area contributed by atoms with Gasteiger partial charge in [0.2, 0.25) is 0 Å². The van der Waals surface area contributed by atoms with Crippen LogP contribution in [0.5, 0.6) is 0 Å². The van der Waals surface area contributed by atoms with Crippen LogP contribution in [0.2, 0.25) is 0 Å². The average Bonchev–Trinajstić information content (AvgIpc) is 3.73. The van der Waals surface area contributed by atoms with E-state index in [1.165, 1.54) is 88.5 Å². The summed E-state index contributed by atoms with van der Waals surface area (Å²) < 4.78 is 2.45. The zero-order valence-electron chi connectivity index (χ0n) is 32.0. The van der Waals surface area contributed by atoms with Gasteiger partial charge in [0.1, 0.15) is 0 Å². The Hall–Kier alpha value is -7.16. The van der Waals surface area contributed by atoms with Crippen LogP contribution >= 0.6 is 0 Å². The number of benzene rings is 9. The number of fused-ring (bicyclic) bond motifs is 7. The minimum Gasteiger partial charge on any atom is -0.310 e. The van der Waals surface area contributed by atoms with E-state index in [9.17, 15) is 0 Å². The Morgan fingerprint density at radius 3 is 1.65 bits per heavy atom. The second-order valence-electron chi connectivity index (χ2n) is 15.7. The second-order valence-corrected chi connectivity index (χ2v) is 15.7. The molecule has 2 nitrogen and oxygen atoms in total. The topological polar surface area (TPSA) is 8.17 Å². The Bertz CT molecular complexity index is 3080. The van der Waals surface area contributed by atoms with E-state index in [2.05, 4.69) is 230 Å². The van der Waals surface area contributed by atoms with Gasteiger partial charge in [-0.15, -0.1) is 0 Å². The number of nitrogens with zero attached hydrogens (tertiary/aromatic N) is 2. The molecule has 0 saturated carbocycles. The van der Waals surface area contributed by atoms with Crippen LogP contribution < -0.4 is 4.90 Å². The van der Waals surface area contributed by atoms with Crippen LogP contribution in [0.4, 0.5) is 17.1 Å². The molecule has 0 spiro atoms. The van der Waals surface area contributed by atoms with Crippen molar-refractivity contribution in [3.8, 4) is 39.1 Å². The molecule has 1 heterocycles. The third-order valence-electron chi connectivity index (χ3n) is 12.2. The molecule has 270 valence electrons. The zero-order valence-corrected chi connectivity index (χ0v) is 32.0. The highest BCUT2D eigenvalue weighted by atomic mass is 15.1. The van der Waals surface area contributed by atoms with Crippen molar-refractivity contribution in [3.63, 3.8) is 0 Å². The van der Waals surface area contributed by atoms with Gasteiger partial charge in [0.25, 0.3) is 0 Å². The van der Waals surface area contributed by atoms with E-state index in [0.29, 0.717) is 0 Å². The number of hydrogen-bond acceptors (Lipinski definition) is 1. The molecule has 0 unspecified atom stereocenters. The Balaban J connectivity index is 1.11. The van der Waals surface area contributed by atoms with E-state index in [0.717, 1.165) is 11.4 Å². The Morgan fingerprint density at radius 2 is 0.947 bits per heavy atom. The normalized spacial score (nSPS) is 12.9. The van der Waals surface area contributed by atoms with Gasteiger partial charge in [-0.25, -0.2) is 0 Å². The van der Waals surface area contributed by atoms with Gasteiger partial charge in [-0.1, -0.05) is 172 Å². The van der Waals surface area contributed by atoms with Crippen LogP contribution in [-0.2, 0) is 5.41 Å². The summed E-state index contributed by atoms with van der Waals surface area (Å²) >= 11 is 0. The van der Waals surface area contributed by atoms with Gasteiger partial charge in [0, 0.05) is 33.1 Å². The first-order valence-electron chi connectivity index (χ1n) is 19.9. The third kappa shape index (κ3) is 5.18. The molecule has 0 bridgehead atoms. The van der Waals surface area contributed by atoms with E-state index in [-0.39, 0.29) is 5.41 Å². The summed E-state index contributed by atoms with van der Waals surface area (Å²) in [5.41, 5.74) is 17.0. The highest BCUT2D eigenvalue weighted by Crippen LogP contribution is 2.54. The fourth-order valence-corrected chi connectivity index (χ4v) is 9.58. The van der Waals surface area contributed by atoms with Gasteiger partial charge in [-0.2, -0.15) is 0 Å². The van der Waals surface area contributed by atoms with E-state index in [1.807, 2.05) is 0 Å². The first-order valence-corrected chi connectivity index (χ1v) is 19.9. The molecule has 1 aliphatic rings. The maximum absolute atomic E-state index is 2.46. The highest BCUT2D eigenvalue weighted by Gasteiger charge is 2.38. The molecule has 9 aromatic carbocycles. The molecule has 0 atom stereocenters. The quantitative estimate of drug-likeness (QED) is 0.165. The van der Waals surface area contributed by atoms with E-state index in [1.54, 1.807) is 0 Å². The standard InChI is InChI=1S/C55H40N2/c1-55(2)48-23-11-8-19-44(48)47-22-14-26-52(54(47)55)56(41-32-27-38(28-33-41)37-15-4-3-5-16-37)42-34-29-40(30-35-42)53-43-18-7-6-17-39(43)31-36-51(53)57-49-24-12-9-20-45(49)46-21-10-13-25-50(46)57/h3-36H,1-2H3. The van der Waals surface area contributed by atoms with Gasteiger partial charge in [0.15, 0.2) is 0 Å². The molecule has 11 rings (SSSR count). The van der Waals surface area contributed by atoms with E-state index < -0.39 is 0 Å². The van der Waals surface area contributed by atoms with Crippen molar-refractivity contribution >= 4 is 49.6 Å². The van der Waals surface area contributed by atoms with Gasteiger partial charge in [0.05, 0.1) is 22.4 Å². The van der Waals surface area contributed by atoms with Gasteiger partial charge in [-0.05, 0) is 98.2 Å². The second kappa shape index (κ2) is 13.0. The van der Waals surface area contributed by atoms with Crippen molar-refractivity contribution in [1.29, 1.82) is 0 Å². The monoisotopic (exact) mass is 728 g/mol.